The van der Waals surface area contributed by atoms with Gasteiger partial charge in [0.2, 0.25) is 10.0 Å². The van der Waals surface area contributed by atoms with Gasteiger partial charge in [-0.15, -0.1) is 10.9 Å². The largest absolute Gasteiger partial charge is 1.00 e. The molecule has 0 fully saturated rings. The van der Waals surface area contributed by atoms with Crippen LogP contribution in [0.5, 0.6) is 11.5 Å². The second kappa shape index (κ2) is 10.9. The van der Waals surface area contributed by atoms with Crippen molar-refractivity contribution in [2.24, 2.45) is 15.4 Å². The molecule has 170 valence electrons. The molecule has 0 heterocycles. The third-order valence-corrected chi connectivity index (χ3v) is 6.70. The molecule has 3 rings (SSSR count). The first kappa shape index (κ1) is 30.9. The Balaban J connectivity index is 0.00000289. The number of nitrogens with two attached hydrogens (primary N) is 1. The molecule has 0 aromatic heterocycles. The summed E-state index contributed by atoms with van der Waals surface area (Å²) in [4.78, 5) is -2.22. The van der Waals surface area contributed by atoms with E-state index in [0.717, 1.165) is 24.3 Å². The molecule has 0 saturated heterocycles. The van der Waals surface area contributed by atoms with Crippen LogP contribution in [0, 0.1) is 0 Å². The Morgan fingerprint density at radius 2 is 1.32 bits per heavy atom. The van der Waals surface area contributed by atoms with E-state index in [1.807, 2.05) is 0 Å². The Morgan fingerprint density at radius 3 is 1.79 bits per heavy atom. The maximum absolute atomic E-state index is 12.7. The fourth-order valence-corrected chi connectivity index (χ4v) is 4.36. The van der Waals surface area contributed by atoms with Gasteiger partial charge in [0.25, 0.3) is 20.2 Å². The quantitative estimate of drug-likeness (QED) is 0.155. The minimum atomic E-state index is -5.10. The first-order chi connectivity index (χ1) is 14.6. The molecule has 13 nitrogen and oxygen atoms in total. The summed E-state index contributed by atoms with van der Waals surface area (Å²) in [6.07, 6.45) is 0. The van der Waals surface area contributed by atoms with E-state index in [-0.39, 0.29) is 69.7 Å². The Labute approximate surface area is 237 Å². The van der Waals surface area contributed by atoms with Gasteiger partial charge in [0.05, 0.1) is 21.2 Å². The molecule has 0 aliphatic rings. The SMILES string of the molecule is NS(=O)(=O)c1ccc(N=Nc2c(S(=O)(=O)O)cc3cc(S(=O)(=O)O)cc([O-])c3c2[O-])cc1.[Na+].[Na+]. The van der Waals surface area contributed by atoms with Crippen LogP contribution < -0.4 is 74.5 Å². The Hall–Kier alpha value is -1.15. The minimum Gasteiger partial charge on any atom is -0.872 e. The van der Waals surface area contributed by atoms with Gasteiger partial charge in [-0.2, -0.15) is 21.9 Å². The Morgan fingerprint density at radius 1 is 0.765 bits per heavy atom. The Bertz CT molecular complexity index is 1610. The minimum absolute atomic E-state index is 0. The summed E-state index contributed by atoms with van der Waals surface area (Å²) in [5, 5.41) is 35.9. The molecule has 4 N–H and O–H groups in total. The first-order valence-corrected chi connectivity index (χ1v) is 12.5. The van der Waals surface area contributed by atoms with Gasteiger partial charge < -0.3 is 10.2 Å². The summed E-state index contributed by atoms with van der Waals surface area (Å²) in [7, 11) is -14.0. The molecule has 0 unspecified atom stereocenters. The van der Waals surface area contributed by atoms with Crippen molar-refractivity contribution >= 4 is 52.4 Å². The van der Waals surface area contributed by atoms with E-state index in [4.69, 9.17) is 9.69 Å². The molecule has 0 atom stereocenters. The number of nitrogens with zero attached hydrogens (tertiary/aromatic N) is 2. The topological polar surface area (TPSA) is 240 Å². The number of azo groups is 1. The second-order valence-corrected chi connectivity index (χ2v) is 10.6. The van der Waals surface area contributed by atoms with Crippen LogP contribution in [0.25, 0.3) is 10.8 Å². The smallest absolute Gasteiger partial charge is 0.872 e. The zero-order valence-corrected chi connectivity index (χ0v) is 23.8. The molecule has 3 aromatic carbocycles. The first-order valence-electron chi connectivity index (χ1n) is 8.07. The number of hydrogen-bond acceptors (Lipinski definition) is 10. The zero-order chi connectivity index (χ0) is 24.1. The fourth-order valence-electron chi connectivity index (χ4n) is 2.66. The van der Waals surface area contributed by atoms with Crippen LogP contribution in [-0.2, 0) is 30.3 Å². The molecule has 0 radical (unpaired) electrons. The Kier molecular flexibility index (Phi) is 9.86. The average molecular weight is 547 g/mol. The monoisotopic (exact) mass is 547 g/mol. The molecule has 3 aromatic rings. The molecule has 0 bridgehead atoms. The number of primary sulfonamides is 1. The summed E-state index contributed by atoms with van der Waals surface area (Å²) < 4.78 is 87.3. The van der Waals surface area contributed by atoms with Crippen LogP contribution in [0.3, 0.4) is 0 Å². The fraction of sp³-hybridized carbons (Fsp3) is 0. The van der Waals surface area contributed by atoms with Gasteiger partial charge in [0.1, 0.15) is 4.90 Å². The standard InChI is InChI=1S/C16H13N3O10S3.2Na/c17-30(22,23)10-3-1-9(2-4-10)18-19-15-13(32(27,28)29)6-8-5-11(31(24,25)26)7-12(20)14(8)16(15)21;;/h1-7,20-21H,(H2,17,22,23)(H,24,25,26)(H,27,28,29);;/q;2*+1/p-2. The predicted molar refractivity (Wildman–Crippen MR) is 104 cm³/mol. The van der Waals surface area contributed by atoms with E-state index in [0.29, 0.717) is 18.2 Å². The number of fused-ring (bicyclic) bond motifs is 1. The van der Waals surface area contributed by atoms with Gasteiger partial charge in [0.15, 0.2) is 0 Å². The van der Waals surface area contributed by atoms with Crippen LogP contribution in [-0.4, -0.2) is 34.4 Å². The summed E-state index contributed by atoms with van der Waals surface area (Å²) in [6, 6.07) is 6.17. The van der Waals surface area contributed by atoms with Crippen LogP contribution in [0.4, 0.5) is 11.4 Å². The van der Waals surface area contributed by atoms with E-state index in [1.54, 1.807) is 0 Å². The van der Waals surface area contributed by atoms with Crippen molar-refractivity contribution in [1.29, 1.82) is 0 Å². The maximum atomic E-state index is 12.7. The average Bonchev–Trinajstić information content (AvgIpc) is 2.64. The van der Waals surface area contributed by atoms with Gasteiger partial charge in [-0.25, -0.2) is 13.6 Å². The van der Waals surface area contributed by atoms with Crippen molar-refractivity contribution in [3.05, 3.63) is 42.5 Å². The van der Waals surface area contributed by atoms with Crippen molar-refractivity contribution in [3.8, 4) is 11.5 Å². The third kappa shape index (κ3) is 6.74. The van der Waals surface area contributed by atoms with Crippen LogP contribution in [0.15, 0.2) is 67.4 Å². The van der Waals surface area contributed by atoms with E-state index in [2.05, 4.69) is 10.2 Å². The second-order valence-electron chi connectivity index (χ2n) is 6.26. The molecule has 0 aliphatic heterocycles. The van der Waals surface area contributed by atoms with E-state index >= 15 is 0 Å². The van der Waals surface area contributed by atoms with E-state index in [9.17, 15) is 40.0 Å². The van der Waals surface area contributed by atoms with Crippen molar-refractivity contribution < 1.29 is 104 Å². The van der Waals surface area contributed by atoms with Gasteiger partial charge in [-0.05, 0) is 53.2 Å². The molecule has 0 amide bonds. The van der Waals surface area contributed by atoms with Gasteiger partial charge >= 0.3 is 59.1 Å². The van der Waals surface area contributed by atoms with Crippen molar-refractivity contribution in [2.75, 3.05) is 0 Å². The molecule has 18 heteroatoms. The van der Waals surface area contributed by atoms with Crippen LogP contribution >= 0.6 is 0 Å². The molecular weight excluding hydrogens is 536 g/mol. The summed E-state index contributed by atoms with van der Waals surface area (Å²) in [5.74, 6) is -2.44. The summed E-state index contributed by atoms with van der Waals surface area (Å²) in [5.41, 5.74) is -0.991. The number of benzene rings is 3. The third-order valence-electron chi connectivity index (χ3n) is 4.07. The number of sulfonamides is 1. The van der Waals surface area contributed by atoms with Crippen molar-refractivity contribution in [2.45, 2.75) is 14.7 Å². The van der Waals surface area contributed by atoms with Gasteiger partial charge in [-0.3, -0.25) is 9.11 Å². The van der Waals surface area contributed by atoms with Crippen molar-refractivity contribution in [3.63, 3.8) is 0 Å². The maximum Gasteiger partial charge on any atom is 1.00 e. The van der Waals surface area contributed by atoms with Gasteiger partial charge in [-0.1, -0.05) is 5.75 Å². The van der Waals surface area contributed by atoms with Crippen LogP contribution in [0.1, 0.15) is 0 Å². The molecule has 0 saturated carbocycles. The number of rotatable bonds is 5. The van der Waals surface area contributed by atoms with E-state index in [1.165, 1.54) is 0 Å². The molecule has 0 aliphatic carbocycles. The van der Waals surface area contributed by atoms with E-state index < -0.39 is 68.0 Å². The molecular formula is C16H11N3Na2O10S3. The molecule has 0 spiro atoms. The number of hydrogen-bond donors (Lipinski definition) is 3. The normalized spacial score (nSPS) is 12.3. The molecule has 34 heavy (non-hydrogen) atoms. The zero-order valence-electron chi connectivity index (χ0n) is 17.4. The summed E-state index contributed by atoms with van der Waals surface area (Å²) >= 11 is 0. The van der Waals surface area contributed by atoms with Gasteiger partial charge in [0, 0.05) is 0 Å². The van der Waals surface area contributed by atoms with Crippen molar-refractivity contribution in [1.82, 2.24) is 0 Å². The summed E-state index contributed by atoms with van der Waals surface area (Å²) in [6.45, 7) is 0. The predicted octanol–water partition coefficient (Wildman–Crippen LogP) is -5.45. The van der Waals surface area contributed by atoms with Crippen LogP contribution in [0.2, 0.25) is 0 Å².